The second kappa shape index (κ2) is 10.3. The molecule has 1 aliphatic carbocycles. The molecule has 3 N–H and O–H groups in total. The van der Waals surface area contributed by atoms with Crippen molar-refractivity contribution in [3.8, 4) is 0 Å². The molecule has 1 saturated carbocycles. The zero-order valence-electron chi connectivity index (χ0n) is 20.2. The molecule has 3 aliphatic heterocycles. The van der Waals surface area contributed by atoms with Gasteiger partial charge in [0.1, 0.15) is 18.7 Å². The van der Waals surface area contributed by atoms with Crippen LogP contribution >= 0.6 is 0 Å². The summed E-state index contributed by atoms with van der Waals surface area (Å²) in [4.78, 5) is 58.9. The third-order valence-electron chi connectivity index (χ3n) is 7.77. The van der Waals surface area contributed by atoms with Crippen molar-refractivity contribution in [2.75, 3.05) is 13.1 Å². The molecule has 5 rings (SSSR count). The van der Waals surface area contributed by atoms with Crippen molar-refractivity contribution in [1.29, 1.82) is 0 Å². The minimum absolute atomic E-state index is 0.130. The molecule has 0 aromatic heterocycles. The van der Waals surface area contributed by atoms with Gasteiger partial charge in [0.05, 0.1) is 6.04 Å². The van der Waals surface area contributed by atoms with Crippen LogP contribution in [0.2, 0.25) is 0 Å². The van der Waals surface area contributed by atoms with Crippen LogP contribution in [-0.2, 0) is 21.0 Å². The summed E-state index contributed by atoms with van der Waals surface area (Å²) in [6.45, 7) is 0.939. The molecule has 4 atom stereocenters. The maximum absolute atomic E-state index is 12.9. The van der Waals surface area contributed by atoms with Crippen molar-refractivity contribution in [3.05, 3.63) is 35.9 Å². The molecule has 3 saturated heterocycles. The van der Waals surface area contributed by atoms with E-state index in [9.17, 15) is 24.3 Å². The number of hydroxylamine groups is 2. The van der Waals surface area contributed by atoms with Crippen LogP contribution in [-0.4, -0.2) is 75.1 Å². The standard InChI is InChI=1S/C25H33N5O6/c31-22(26-27-23(32)21-13-18(12-16-6-7-16)10-11-28(21)25(34)35)20-9-8-19-14-29(20)24(33)30(19)36-15-17-4-2-1-3-5-17/h1-5,16,18-21H,6-15H2,(H,26,31)(H,27,32)(H,34,35)/t18-,19+,20-,21-/m0/s1. The summed E-state index contributed by atoms with van der Waals surface area (Å²) < 4.78 is 0. The minimum Gasteiger partial charge on any atom is -0.465 e. The minimum atomic E-state index is -1.14. The molecule has 2 bridgehead atoms. The van der Waals surface area contributed by atoms with Crippen LogP contribution < -0.4 is 10.9 Å². The molecule has 5 amide bonds. The van der Waals surface area contributed by atoms with Gasteiger partial charge in [-0.25, -0.2) is 9.59 Å². The monoisotopic (exact) mass is 499 g/mol. The van der Waals surface area contributed by atoms with Crippen molar-refractivity contribution in [2.24, 2.45) is 11.8 Å². The molecule has 11 heteroatoms. The average molecular weight is 500 g/mol. The number of carbonyl (C=O) groups is 4. The molecule has 0 unspecified atom stereocenters. The Morgan fingerprint density at radius 1 is 0.944 bits per heavy atom. The second-order valence-corrected chi connectivity index (χ2v) is 10.3. The highest BCUT2D eigenvalue weighted by Gasteiger charge is 2.48. The number of rotatable bonds is 7. The molecule has 4 fully saturated rings. The van der Waals surface area contributed by atoms with Gasteiger partial charge in [0, 0.05) is 13.1 Å². The van der Waals surface area contributed by atoms with E-state index in [1.54, 1.807) is 0 Å². The number of carbonyl (C=O) groups excluding carboxylic acids is 3. The van der Waals surface area contributed by atoms with Crippen LogP contribution in [0.3, 0.4) is 0 Å². The number of fused-ring (bicyclic) bond motifs is 2. The Morgan fingerprint density at radius 2 is 1.67 bits per heavy atom. The van der Waals surface area contributed by atoms with E-state index in [4.69, 9.17) is 4.84 Å². The Kier molecular flexibility index (Phi) is 6.99. The Labute approximate surface area is 209 Å². The SMILES string of the molecule is O=C(NNC(=O)[C@@H]1CC[C@@H]2CN1C(=O)N2OCc1ccccc1)[C@@H]1C[C@H](CC2CC2)CCN1C(=O)O. The number of hydrogen-bond acceptors (Lipinski definition) is 5. The molecule has 0 radical (unpaired) electrons. The van der Waals surface area contributed by atoms with E-state index >= 15 is 0 Å². The third kappa shape index (κ3) is 5.25. The molecule has 11 nitrogen and oxygen atoms in total. The number of hydrazine groups is 1. The first-order chi connectivity index (χ1) is 17.4. The van der Waals surface area contributed by atoms with Crippen LogP contribution in [0.25, 0.3) is 0 Å². The molecule has 4 aliphatic rings. The summed E-state index contributed by atoms with van der Waals surface area (Å²) in [6.07, 6.45) is 4.54. The van der Waals surface area contributed by atoms with Crippen molar-refractivity contribution in [3.63, 3.8) is 0 Å². The topological polar surface area (TPSA) is 132 Å². The molecule has 36 heavy (non-hydrogen) atoms. The number of carboxylic acid groups (broad SMARTS) is 1. The Balaban J connectivity index is 1.14. The molecule has 194 valence electrons. The molecule has 1 aromatic carbocycles. The van der Waals surface area contributed by atoms with E-state index < -0.39 is 30.0 Å². The first kappa shape index (κ1) is 24.4. The zero-order chi connectivity index (χ0) is 25.2. The predicted molar refractivity (Wildman–Crippen MR) is 127 cm³/mol. The Bertz CT molecular complexity index is 1000. The third-order valence-corrected chi connectivity index (χ3v) is 7.77. The lowest BCUT2D eigenvalue weighted by Gasteiger charge is -2.37. The highest BCUT2D eigenvalue weighted by Crippen LogP contribution is 2.39. The lowest BCUT2D eigenvalue weighted by atomic mass is 9.86. The number of nitrogens with zero attached hydrogens (tertiary/aromatic N) is 3. The highest BCUT2D eigenvalue weighted by molar-refractivity contribution is 5.91. The highest BCUT2D eigenvalue weighted by atomic mass is 16.7. The summed E-state index contributed by atoms with van der Waals surface area (Å²) in [5.74, 6) is -0.0362. The fraction of sp³-hybridized carbons (Fsp3) is 0.600. The van der Waals surface area contributed by atoms with Crippen LogP contribution in [0.5, 0.6) is 0 Å². The van der Waals surface area contributed by atoms with E-state index in [0.717, 1.165) is 23.3 Å². The van der Waals surface area contributed by atoms with Crippen LogP contribution in [0.15, 0.2) is 30.3 Å². The summed E-state index contributed by atoms with van der Waals surface area (Å²) in [5.41, 5.74) is 5.81. The van der Waals surface area contributed by atoms with Gasteiger partial charge < -0.3 is 10.0 Å². The molecular formula is C25H33N5O6. The van der Waals surface area contributed by atoms with Crippen molar-refractivity contribution < 1.29 is 29.1 Å². The number of likely N-dealkylation sites (tertiary alicyclic amines) is 1. The van der Waals surface area contributed by atoms with Crippen LogP contribution in [0.4, 0.5) is 9.59 Å². The van der Waals surface area contributed by atoms with Gasteiger partial charge in [-0.05, 0) is 49.5 Å². The quantitative estimate of drug-likeness (QED) is 0.493. The van der Waals surface area contributed by atoms with Crippen LogP contribution in [0.1, 0.15) is 50.5 Å². The molecule has 1 aromatic rings. The number of nitrogens with one attached hydrogen (secondary N) is 2. The number of piperidine rings is 2. The van der Waals surface area contributed by atoms with Crippen molar-refractivity contribution in [2.45, 2.75) is 69.7 Å². The zero-order valence-corrected chi connectivity index (χ0v) is 20.2. The normalized spacial score (nSPS) is 27.7. The summed E-state index contributed by atoms with van der Waals surface area (Å²) in [5, 5.41) is 10.9. The van der Waals surface area contributed by atoms with E-state index in [-0.39, 0.29) is 18.7 Å². The van der Waals surface area contributed by atoms with Gasteiger partial charge in [0.15, 0.2) is 0 Å². The van der Waals surface area contributed by atoms with Crippen LogP contribution in [0, 0.1) is 11.8 Å². The maximum Gasteiger partial charge on any atom is 0.407 e. The van der Waals surface area contributed by atoms with Gasteiger partial charge in [-0.2, -0.15) is 5.06 Å². The maximum atomic E-state index is 12.9. The Hall–Kier alpha value is -3.34. The lowest BCUT2D eigenvalue weighted by Crippen LogP contribution is -2.59. The lowest BCUT2D eigenvalue weighted by molar-refractivity contribution is -0.140. The van der Waals surface area contributed by atoms with E-state index in [1.165, 1.54) is 22.8 Å². The van der Waals surface area contributed by atoms with Crippen molar-refractivity contribution in [1.82, 2.24) is 25.7 Å². The fourth-order valence-corrected chi connectivity index (χ4v) is 5.63. The number of benzene rings is 1. The van der Waals surface area contributed by atoms with Gasteiger partial charge in [-0.15, -0.1) is 0 Å². The Morgan fingerprint density at radius 3 is 2.36 bits per heavy atom. The smallest absolute Gasteiger partial charge is 0.407 e. The number of amides is 5. The first-order valence-corrected chi connectivity index (χ1v) is 12.8. The molecule has 0 spiro atoms. The predicted octanol–water partition coefficient (Wildman–Crippen LogP) is 2.09. The van der Waals surface area contributed by atoms with Crippen molar-refractivity contribution >= 4 is 23.9 Å². The largest absolute Gasteiger partial charge is 0.465 e. The summed E-state index contributed by atoms with van der Waals surface area (Å²) >= 11 is 0. The van der Waals surface area contributed by atoms with Gasteiger partial charge in [-0.1, -0.05) is 43.2 Å². The van der Waals surface area contributed by atoms with Gasteiger partial charge in [0.2, 0.25) is 0 Å². The molecule has 3 heterocycles. The van der Waals surface area contributed by atoms with E-state index in [2.05, 4.69) is 10.9 Å². The van der Waals surface area contributed by atoms with E-state index in [0.29, 0.717) is 44.2 Å². The number of urea groups is 1. The summed E-state index contributed by atoms with van der Waals surface area (Å²) in [6, 6.07) is 7.46. The van der Waals surface area contributed by atoms with E-state index in [1.807, 2.05) is 30.3 Å². The summed E-state index contributed by atoms with van der Waals surface area (Å²) in [7, 11) is 0. The first-order valence-electron chi connectivity index (χ1n) is 12.8. The van der Waals surface area contributed by atoms with Gasteiger partial charge in [-0.3, -0.25) is 30.2 Å². The van der Waals surface area contributed by atoms with Gasteiger partial charge in [0.25, 0.3) is 11.8 Å². The molecular weight excluding hydrogens is 466 g/mol. The second-order valence-electron chi connectivity index (χ2n) is 10.3. The average Bonchev–Trinajstić information content (AvgIpc) is 3.67. The fourth-order valence-electron chi connectivity index (χ4n) is 5.63. The van der Waals surface area contributed by atoms with Gasteiger partial charge >= 0.3 is 12.1 Å². The number of hydrogen-bond donors (Lipinski definition) is 3.